The SMILES string of the molecule is COC(=O)C1=C(C(=O)OC)N(c2ccc3nc(-c4ccc(C)cc4)oc3c2)C=CC=C1. The van der Waals surface area contributed by atoms with Crippen molar-refractivity contribution in [1.82, 2.24) is 4.98 Å². The van der Waals surface area contributed by atoms with Crippen LogP contribution in [0.1, 0.15) is 5.56 Å². The summed E-state index contributed by atoms with van der Waals surface area (Å²) in [5.41, 5.74) is 3.95. The Morgan fingerprint density at radius 3 is 2.42 bits per heavy atom. The monoisotopic (exact) mass is 416 g/mol. The molecule has 1 aromatic heterocycles. The van der Waals surface area contributed by atoms with Crippen LogP contribution in [0.25, 0.3) is 22.6 Å². The molecule has 0 atom stereocenters. The van der Waals surface area contributed by atoms with Gasteiger partial charge in [-0.1, -0.05) is 23.8 Å². The Morgan fingerprint density at radius 2 is 1.71 bits per heavy atom. The fraction of sp³-hybridized carbons (Fsp3) is 0.125. The number of rotatable bonds is 4. The Balaban J connectivity index is 1.81. The van der Waals surface area contributed by atoms with Crippen LogP contribution in [-0.2, 0) is 19.1 Å². The van der Waals surface area contributed by atoms with E-state index in [4.69, 9.17) is 13.9 Å². The smallest absolute Gasteiger partial charge is 0.355 e. The van der Waals surface area contributed by atoms with Crippen molar-refractivity contribution in [3.63, 3.8) is 0 Å². The minimum Gasteiger partial charge on any atom is -0.465 e. The van der Waals surface area contributed by atoms with E-state index in [9.17, 15) is 9.59 Å². The van der Waals surface area contributed by atoms with E-state index in [0.717, 1.165) is 11.1 Å². The van der Waals surface area contributed by atoms with Crippen LogP contribution in [-0.4, -0.2) is 31.1 Å². The molecule has 0 fully saturated rings. The van der Waals surface area contributed by atoms with Gasteiger partial charge in [0.1, 0.15) is 11.2 Å². The molecule has 0 aliphatic carbocycles. The number of carbonyl (C=O) groups is 2. The molecule has 3 aromatic rings. The highest BCUT2D eigenvalue weighted by Crippen LogP contribution is 2.31. The first-order valence-corrected chi connectivity index (χ1v) is 9.54. The van der Waals surface area contributed by atoms with E-state index in [1.54, 1.807) is 41.5 Å². The van der Waals surface area contributed by atoms with Crippen LogP contribution in [0, 0.1) is 6.92 Å². The zero-order valence-corrected chi connectivity index (χ0v) is 17.3. The van der Waals surface area contributed by atoms with Crippen LogP contribution >= 0.6 is 0 Å². The third kappa shape index (κ3) is 3.85. The van der Waals surface area contributed by atoms with Crippen molar-refractivity contribution >= 4 is 28.7 Å². The van der Waals surface area contributed by atoms with E-state index in [2.05, 4.69) is 4.98 Å². The summed E-state index contributed by atoms with van der Waals surface area (Å²) in [4.78, 5) is 31.0. The molecule has 0 radical (unpaired) electrons. The molecule has 1 aliphatic rings. The Kier molecular flexibility index (Phi) is 5.41. The van der Waals surface area contributed by atoms with E-state index in [-0.39, 0.29) is 11.3 Å². The van der Waals surface area contributed by atoms with Gasteiger partial charge in [0.2, 0.25) is 5.89 Å². The highest BCUT2D eigenvalue weighted by Gasteiger charge is 2.27. The average molecular weight is 416 g/mol. The van der Waals surface area contributed by atoms with Gasteiger partial charge >= 0.3 is 11.9 Å². The Bertz CT molecular complexity index is 1250. The molecule has 156 valence electrons. The number of fused-ring (bicyclic) bond motifs is 1. The normalized spacial score (nSPS) is 13.5. The third-order valence-corrected chi connectivity index (χ3v) is 4.84. The molecule has 0 amide bonds. The van der Waals surface area contributed by atoms with Crippen molar-refractivity contribution in [3.8, 4) is 11.5 Å². The van der Waals surface area contributed by atoms with Crippen molar-refractivity contribution in [3.05, 3.63) is 83.7 Å². The fourth-order valence-corrected chi connectivity index (χ4v) is 3.25. The highest BCUT2D eigenvalue weighted by molar-refractivity contribution is 6.05. The predicted molar refractivity (Wildman–Crippen MR) is 116 cm³/mol. The van der Waals surface area contributed by atoms with Gasteiger partial charge in [-0.3, -0.25) is 0 Å². The topological polar surface area (TPSA) is 81.9 Å². The Hall–Kier alpha value is -4.13. The van der Waals surface area contributed by atoms with Crippen molar-refractivity contribution in [1.29, 1.82) is 0 Å². The molecule has 0 bridgehead atoms. The van der Waals surface area contributed by atoms with Crippen molar-refractivity contribution in [2.75, 3.05) is 19.1 Å². The number of aryl methyl sites for hydroxylation is 1. The summed E-state index contributed by atoms with van der Waals surface area (Å²) in [7, 11) is 2.52. The molecule has 0 spiro atoms. The molecule has 4 rings (SSSR count). The second-order valence-corrected chi connectivity index (χ2v) is 6.85. The molecule has 0 saturated carbocycles. The number of hydrogen-bond donors (Lipinski definition) is 0. The first-order chi connectivity index (χ1) is 15.0. The number of benzene rings is 2. The Labute approximate surface area is 178 Å². The lowest BCUT2D eigenvalue weighted by Crippen LogP contribution is -2.26. The molecule has 7 heteroatoms. The van der Waals surface area contributed by atoms with E-state index in [1.165, 1.54) is 20.3 Å². The lowest BCUT2D eigenvalue weighted by atomic mass is 10.1. The number of oxazole rings is 1. The van der Waals surface area contributed by atoms with Crippen molar-refractivity contribution in [2.24, 2.45) is 0 Å². The molecule has 0 N–H and O–H groups in total. The quantitative estimate of drug-likeness (QED) is 0.587. The molecule has 2 aromatic carbocycles. The molecule has 0 unspecified atom stereocenters. The maximum Gasteiger partial charge on any atom is 0.355 e. The molecular weight excluding hydrogens is 396 g/mol. The number of hydrogen-bond acceptors (Lipinski definition) is 7. The fourth-order valence-electron chi connectivity index (χ4n) is 3.25. The van der Waals surface area contributed by atoms with Crippen molar-refractivity contribution in [2.45, 2.75) is 6.92 Å². The first kappa shape index (κ1) is 20.2. The highest BCUT2D eigenvalue weighted by atomic mass is 16.5. The second kappa shape index (κ2) is 8.31. The minimum atomic E-state index is -0.672. The second-order valence-electron chi connectivity index (χ2n) is 6.85. The number of carbonyl (C=O) groups excluding carboxylic acids is 2. The zero-order valence-electron chi connectivity index (χ0n) is 17.3. The summed E-state index contributed by atoms with van der Waals surface area (Å²) in [5.74, 6) is -0.818. The molecule has 2 heterocycles. The predicted octanol–water partition coefficient (Wildman–Crippen LogP) is 4.29. The number of allylic oxidation sites excluding steroid dienone is 2. The maximum atomic E-state index is 12.6. The van der Waals surface area contributed by atoms with E-state index < -0.39 is 11.9 Å². The summed E-state index contributed by atoms with van der Waals surface area (Å²) in [6.07, 6.45) is 6.53. The van der Waals surface area contributed by atoms with Gasteiger partial charge < -0.3 is 18.8 Å². The average Bonchev–Trinajstić information content (AvgIpc) is 3.09. The van der Waals surface area contributed by atoms with Crippen LogP contribution in [0.5, 0.6) is 0 Å². The maximum absolute atomic E-state index is 12.6. The van der Waals surface area contributed by atoms with Crippen LogP contribution < -0.4 is 4.90 Å². The summed E-state index contributed by atoms with van der Waals surface area (Å²) < 4.78 is 15.8. The molecule has 1 aliphatic heterocycles. The Morgan fingerprint density at radius 1 is 0.968 bits per heavy atom. The van der Waals surface area contributed by atoms with Gasteiger partial charge in [-0.25, -0.2) is 14.6 Å². The standard InChI is InChI=1S/C24H20N2O5/c1-15-7-9-16(10-8-15)22-25-19-12-11-17(14-20(19)31-22)26-13-5-4-6-18(23(27)29-2)21(26)24(28)30-3/h4-14H,1-3H3. The number of aromatic nitrogens is 1. The van der Waals surface area contributed by atoms with Gasteiger partial charge in [-0.2, -0.15) is 0 Å². The van der Waals surface area contributed by atoms with Crippen LogP contribution in [0.2, 0.25) is 0 Å². The third-order valence-electron chi connectivity index (χ3n) is 4.84. The van der Waals surface area contributed by atoms with E-state index in [1.807, 2.05) is 31.2 Å². The van der Waals surface area contributed by atoms with Gasteiger partial charge in [-0.05, 0) is 43.3 Å². The van der Waals surface area contributed by atoms with Gasteiger partial charge in [0.15, 0.2) is 5.58 Å². The summed E-state index contributed by atoms with van der Waals surface area (Å²) in [6.45, 7) is 2.01. The van der Waals surface area contributed by atoms with Gasteiger partial charge in [-0.15, -0.1) is 0 Å². The first-order valence-electron chi connectivity index (χ1n) is 9.54. The van der Waals surface area contributed by atoms with Gasteiger partial charge in [0.05, 0.1) is 19.8 Å². The largest absolute Gasteiger partial charge is 0.465 e. The molecule has 0 saturated heterocycles. The number of anilines is 1. The van der Waals surface area contributed by atoms with Gasteiger partial charge in [0.25, 0.3) is 0 Å². The van der Waals surface area contributed by atoms with Crippen LogP contribution in [0.4, 0.5) is 5.69 Å². The summed E-state index contributed by atoms with van der Waals surface area (Å²) >= 11 is 0. The van der Waals surface area contributed by atoms with Crippen LogP contribution in [0.15, 0.2) is 82.6 Å². The lowest BCUT2D eigenvalue weighted by Gasteiger charge is -2.22. The van der Waals surface area contributed by atoms with E-state index in [0.29, 0.717) is 22.7 Å². The molecule has 31 heavy (non-hydrogen) atoms. The number of methoxy groups -OCH3 is 2. The molecule has 7 nitrogen and oxygen atoms in total. The zero-order chi connectivity index (χ0) is 22.0. The number of nitrogens with zero attached hydrogens (tertiary/aromatic N) is 2. The lowest BCUT2D eigenvalue weighted by molar-refractivity contribution is -0.139. The number of ether oxygens (including phenoxy) is 2. The summed E-state index contributed by atoms with van der Waals surface area (Å²) in [5, 5.41) is 0. The minimum absolute atomic E-state index is 0.0389. The van der Waals surface area contributed by atoms with Crippen molar-refractivity contribution < 1.29 is 23.5 Å². The van der Waals surface area contributed by atoms with E-state index >= 15 is 0 Å². The summed E-state index contributed by atoms with van der Waals surface area (Å²) in [6, 6.07) is 13.2. The number of esters is 2. The van der Waals surface area contributed by atoms with Crippen LogP contribution in [0.3, 0.4) is 0 Å². The van der Waals surface area contributed by atoms with Gasteiger partial charge in [0, 0.05) is 23.5 Å². The molecular formula is C24H20N2O5.